The van der Waals surface area contributed by atoms with Crippen molar-refractivity contribution < 1.29 is 4.74 Å². The first kappa shape index (κ1) is 11.9. The van der Waals surface area contributed by atoms with Gasteiger partial charge in [0.05, 0.1) is 12.8 Å². The molecule has 0 amide bonds. The van der Waals surface area contributed by atoms with Crippen molar-refractivity contribution in [2.45, 2.75) is 13.3 Å². The number of aromatic nitrogens is 2. The third kappa shape index (κ3) is 2.74. The summed E-state index contributed by atoms with van der Waals surface area (Å²) in [5, 5.41) is 0.467. The van der Waals surface area contributed by atoms with E-state index in [1.54, 1.807) is 13.2 Å². The second-order valence-corrected chi connectivity index (χ2v) is 3.96. The minimum Gasteiger partial charge on any atom is -0.497 e. The summed E-state index contributed by atoms with van der Waals surface area (Å²) in [6.45, 7) is 2.00. The van der Waals surface area contributed by atoms with Gasteiger partial charge in [0.15, 0.2) is 0 Å². The summed E-state index contributed by atoms with van der Waals surface area (Å²) in [7, 11) is 1.64. The maximum Gasteiger partial charge on any atom is 0.133 e. The van der Waals surface area contributed by atoms with Gasteiger partial charge in [-0.3, -0.25) is 0 Å². The molecule has 1 aromatic heterocycles. The molecule has 0 aliphatic heterocycles. The molecule has 0 aliphatic rings. The van der Waals surface area contributed by atoms with Crippen LogP contribution in [0.15, 0.2) is 30.3 Å². The predicted octanol–water partition coefficient (Wildman–Crippen LogP) is 3.37. The lowest BCUT2D eigenvalue weighted by molar-refractivity contribution is 0.415. The fourth-order valence-electron chi connectivity index (χ4n) is 1.55. The Hall–Kier alpha value is -1.61. The number of aryl methyl sites for hydroxylation is 1. The summed E-state index contributed by atoms with van der Waals surface area (Å²) in [6.07, 6.45) is 0.761. The minimum absolute atomic E-state index is 0.467. The Morgan fingerprint density at radius 1 is 1.24 bits per heavy atom. The number of hydrogen-bond acceptors (Lipinski definition) is 3. The zero-order valence-corrected chi connectivity index (χ0v) is 10.5. The van der Waals surface area contributed by atoms with E-state index in [1.165, 1.54) is 0 Å². The Kier molecular flexibility index (Phi) is 3.59. The summed E-state index contributed by atoms with van der Waals surface area (Å²) in [6, 6.07) is 9.48. The summed E-state index contributed by atoms with van der Waals surface area (Å²) in [5.41, 5.74) is 1.80. The molecule has 0 spiro atoms. The number of methoxy groups -OCH3 is 1. The van der Waals surface area contributed by atoms with Crippen molar-refractivity contribution in [2.75, 3.05) is 7.11 Å². The Labute approximate surface area is 105 Å². The molecule has 2 aromatic rings. The number of ether oxygens (including phenoxy) is 1. The van der Waals surface area contributed by atoms with Crippen molar-refractivity contribution in [3.63, 3.8) is 0 Å². The van der Waals surface area contributed by atoms with Gasteiger partial charge in [-0.15, -0.1) is 0 Å². The van der Waals surface area contributed by atoms with Gasteiger partial charge in [0, 0.05) is 18.1 Å². The van der Waals surface area contributed by atoms with E-state index in [-0.39, 0.29) is 0 Å². The number of halogens is 1. The van der Waals surface area contributed by atoms with Crippen molar-refractivity contribution in [2.24, 2.45) is 0 Å². The molecule has 0 saturated heterocycles. The lowest BCUT2D eigenvalue weighted by atomic mass is 10.1. The van der Waals surface area contributed by atoms with Crippen molar-refractivity contribution in [3.05, 3.63) is 41.3 Å². The SMILES string of the molecule is CCc1nc(Cl)cc(-c2cccc(OC)c2)n1. The standard InChI is InChI=1S/C13H13ClN2O/c1-3-13-15-11(8-12(14)16-13)9-5-4-6-10(7-9)17-2/h4-8H,3H2,1-2H3. The highest BCUT2D eigenvalue weighted by Crippen LogP contribution is 2.23. The van der Waals surface area contributed by atoms with E-state index in [0.717, 1.165) is 29.3 Å². The van der Waals surface area contributed by atoms with E-state index >= 15 is 0 Å². The van der Waals surface area contributed by atoms with Gasteiger partial charge in [-0.2, -0.15) is 0 Å². The quantitative estimate of drug-likeness (QED) is 0.782. The summed E-state index contributed by atoms with van der Waals surface area (Å²) < 4.78 is 5.19. The van der Waals surface area contributed by atoms with E-state index in [9.17, 15) is 0 Å². The molecule has 2 rings (SSSR count). The highest BCUT2D eigenvalue weighted by atomic mass is 35.5. The number of rotatable bonds is 3. The molecule has 0 unspecified atom stereocenters. The van der Waals surface area contributed by atoms with Gasteiger partial charge < -0.3 is 4.74 Å². The van der Waals surface area contributed by atoms with Gasteiger partial charge in [-0.05, 0) is 12.1 Å². The number of hydrogen-bond donors (Lipinski definition) is 0. The first-order valence-electron chi connectivity index (χ1n) is 5.41. The maximum absolute atomic E-state index is 5.97. The van der Waals surface area contributed by atoms with Gasteiger partial charge in [0.1, 0.15) is 16.7 Å². The molecular formula is C13H13ClN2O. The monoisotopic (exact) mass is 248 g/mol. The van der Waals surface area contributed by atoms with E-state index < -0.39 is 0 Å². The van der Waals surface area contributed by atoms with Crippen LogP contribution >= 0.6 is 11.6 Å². The minimum atomic E-state index is 0.467. The van der Waals surface area contributed by atoms with Crippen LogP contribution in [0, 0.1) is 0 Å². The van der Waals surface area contributed by atoms with E-state index in [0.29, 0.717) is 5.15 Å². The van der Waals surface area contributed by atoms with Gasteiger partial charge in [-0.25, -0.2) is 9.97 Å². The zero-order valence-electron chi connectivity index (χ0n) is 9.77. The zero-order chi connectivity index (χ0) is 12.3. The summed E-state index contributed by atoms with van der Waals surface area (Å²) in [4.78, 5) is 8.59. The van der Waals surface area contributed by atoms with Crippen LogP contribution in [0.1, 0.15) is 12.7 Å². The molecule has 0 N–H and O–H groups in total. The topological polar surface area (TPSA) is 35.0 Å². The van der Waals surface area contributed by atoms with Crippen molar-refractivity contribution in [1.29, 1.82) is 0 Å². The molecule has 1 heterocycles. The average molecular weight is 249 g/mol. The summed E-state index contributed by atoms with van der Waals surface area (Å²) >= 11 is 5.97. The molecular weight excluding hydrogens is 236 g/mol. The molecule has 88 valence electrons. The molecule has 3 nitrogen and oxygen atoms in total. The van der Waals surface area contributed by atoms with Crippen molar-refractivity contribution >= 4 is 11.6 Å². The molecule has 1 aromatic carbocycles. The third-order valence-electron chi connectivity index (χ3n) is 2.42. The highest BCUT2D eigenvalue weighted by Gasteiger charge is 2.05. The Bertz CT molecular complexity index is 529. The average Bonchev–Trinajstić information content (AvgIpc) is 2.38. The van der Waals surface area contributed by atoms with Crippen LogP contribution in [0.25, 0.3) is 11.3 Å². The van der Waals surface area contributed by atoms with Crippen LogP contribution in [0.4, 0.5) is 0 Å². The second-order valence-electron chi connectivity index (χ2n) is 3.58. The molecule has 0 atom stereocenters. The van der Waals surface area contributed by atoms with Crippen molar-refractivity contribution in [1.82, 2.24) is 9.97 Å². The van der Waals surface area contributed by atoms with Crippen LogP contribution in [0.5, 0.6) is 5.75 Å². The number of nitrogens with zero attached hydrogens (tertiary/aromatic N) is 2. The normalized spacial score (nSPS) is 10.3. The predicted molar refractivity (Wildman–Crippen MR) is 68.4 cm³/mol. The molecule has 0 bridgehead atoms. The van der Waals surface area contributed by atoms with Gasteiger partial charge in [0.2, 0.25) is 0 Å². The molecule has 0 saturated carbocycles. The Morgan fingerprint density at radius 2 is 2.06 bits per heavy atom. The molecule has 0 fully saturated rings. The third-order valence-corrected chi connectivity index (χ3v) is 2.62. The Balaban J connectivity index is 2.47. The van der Waals surface area contributed by atoms with Crippen LogP contribution in [0.2, 0.25) is 5.15 Å². The van der Waals surface area contributed by atoms with Gasteiger partial charge >= 0.3 is 0 Å². The first-order valence-corrected chi connectivity index (χ1v) is 5.78. The largest absolute Gasteiger partial charge is 0.497 e. The Morgan fingerprint density at radius 3 is 2.76 bits per heavy atom. The number of benzene rings is 1. The van der Waals surface area contributed by atoms with Gasteiger partial charge in [0.25, 0.3) is 0 Å². The molecule has 17 heavy (non-hydrogen) atoms. The van der Waals surface area contributed by atoms with Crippen molar-refractivity contribution in [3.8, 4) is 17.0 Å². The highest BCUT2D eigenvalue weighted by molar-refractivity contribution is 6.29. The fraction of sp³-hybridized carbons (Fsp3) is 0.231. The van der Waals surface area contributed by atoms with Crippen LogP contribution in [-0.4, -0.2) is 17.1 Å². The first-order chi connectivity index (χ1) is 8.22. The second kappa shape index (κ2) is 5.15. The van der Waals surface area contributed by atoms with Crippen LogP contribution < -0.4 is 4.74 Å². The van der Waals surface area contributed by atoms with Crippen LogP contribution in [-0.2, 0) is 6.42 Å². The van der Waals surface area contributed by atoms with E-state index in [2.05, 4.69) is 9.97 Å². The summed E-state index contributed by atoms with van der Waals surface area (Å²) in [5.74, 6) is 1.55. The lowest BCUT2D eigenvalue weighted by Gasteiger charge is -2.06. The molecule has 0 aliphatic carbocycles. The molecule has 0 radical (unpaired) electrons. The van der Waals surface area contributed by atoms with Crippen LogP contribution in [0.3, 0.4) is 0 Å². The van der Waals surface area contributed by atoms with Gasteiger partial charge in [-0.1, -0.05) is 30.7 Å². The fourth-order valence-corrected chi connectivity index (χ4v) is 1.75. The van der Waals surface area contributed by atoms with E-state index in [1.807, 2.05) is 31.2 Å². The molecule has 4 heteroatoms. The van der Waals surface area contributed by atoms with E-state index in [4.69, 9.17) is 16.3 Å². The smallest absolute Gasteiger partial charge is 0.133 e. The lowest BCUT2D eigenvalue weighted by Crippen LogP contribution is -1.95. The maximum atomic E-state index is 5.97.